The number of nitrogens with zero attached hydrogens (tertiary/aromatic N) is 4. The molecule has 1 aromatic heterocycles. The molecule has 0 bridgehead atoms. The van der Waals surface area contributed by atoms with E-state index in [0.717, 1.165) is 36.8 Å². The molecular weight excluding hydrogens is 280 g/mol. The van der Waals surface area contributed by atoms with Gasteiger partial charge in [-0.25, -0.2) is 9.67 Å². The molecule has 0 amide bonds. The van der Waals surface area contributed by atoms with Crippen molar-refractivity contribution in [2.24, 2.45) is 5.92 Å². The summed E-state index contributed by atoms with van der Waals surface area (Å²) >= 11 is 3.52. The summed E-state index contributed by atoms with van der Waals surface area (Å²) in [6.45, 7) is 7.41. The average molecular weight is 301 g/mol. The van der Waals surface area contributed by atoms with E-state index in [4.69, 9.17) is 0 Å². The van der Waals surface area contributed by atoms with Gasteiger partial charge in [0.25, 0.3) is 0 Å². The first-order chi connectivity index (χ1) is 8.20. The lowest BCUT2D eigenvalue weighted by Gasteiger charge is -2.20. The Labute approximate surface area is 112 Å². The summed E-state index contributed by atoms with van der Waals surface area (Å²) in [5.74, 6) is 1.72. The third-order valence-corrected chi connectivity index (χ3v) is 3.37. The van der Waals surface area contributed by atoms with Crippen LogP contribution in [-0.4, -0.2) is 37.6 Å². The minimum Gasteiger partial charge on any atom is -0.292 e. The molecule has 5 heteroatoms. The predicted molar refractivity (Wildman–Crippen MR) is 72.1 cm³/mol. The van der Waals surface area contributed by atoms with Crippen LogP contribution in [0.15, 0.2) is 6.33 Å². The monoisotopic (exact) mass is 300 g/mol. The second-order valence-corrected chi connectivity index (χ2v) is 5.94. The molecule has 1 fully saturated rings. The van der Waals surface area contributed by atoms with Crippen LogP contribution in [0.2, 0.25) is 0 Å². The first-order valence-electron chi connectivity index (χ1n) is 6.37. The topological polar surface area (TPSA) is 34.0 Å². The van der Waals surface area contributed by atoms with Gasteiger partial charge in [-0.3, -0.25) is 4.90 Å². The fraction of sp³-hybridized carbons (Fsp3) is 0.833. The molecule has 0 aliphatic heterocycles. The van der Waals surface area contributed by atoms with Crippen molar-refractivity contribution in [1.29, 1.82) is 0 Å². The van der Waals surface area contributed by atoms with Crippen molar-refractivity contribution in [3.8, 4) is 0 Å². The van der Waals surface area contributed by atoms with Gasteiger partial charge in [-0.05, 0) is 18.8 Å². The Bertz CT molecular complexity index is 346. The molecule has 1 saturated carbocycles. The van der Waals surface area contributed by atoms with Crippen LogP contribution >= 0.6 is 15.9 Å². The summed E-state index contributed by atoms with van der Waals surface area (Å²) in [7, 11) is 0. The maximum Gasteiger partial charge on any atom is 0.141 e. The fourth-order valence-electron chi connectivity index (χ4n) is 2.03. The molecule has 17 heavy (non-hydrogen) atoms. The van der Waals surface area contributed by atoms with Crippen LogP contribution in [0.5, 0.6) is 0 Å². The third-order valence-electron chi connectivity index (χ3n) is 3.01. The van der Waals surface area contributed by atoms with Gasteiger partial charge in [0.15, 0.2) is 0 Å². The van der Waals surface area contributed by atoms with Gasteiger partial charge in [0.05, 0.1) is 6.54 Å². The van der Waals surface area contributed by atoms with Crippen molar-refractivity contribution < 1.29 is 0 Å². The van der Waals surface area contributed by atoms with E-state index in [2.05, 4.69) is 44.8 Å². The van der Waals surface area contributed by atoms with Gasteiger partial charge in [-0.1, -0.05) is 29.8 Å². The molecule has 0 atom stereocenters. The number of halogens is 1. The Hall–Kier alpha value is -0.420. The smallest absolute Gasteiger partial charge is 0.141 e. The van der Waals surface area contributed by atoms with Crippen LogP contribution < -0.4 is 0 Å². The highest BCUT2D eigenvalue weighted by Crippen LogP contribution is 2.27. The summed E-state index contributed by atoms with van der Waals surface area (Å²) < 4.78 is 2.05. The third kappa shape index (κ3) is 3.78. The lowest BCUT2D eigenvalue weighted by molar-refractivity contribution is 0.257. The van der Waals surface area contributed by atoms with Gasteiger partial charge in [0, 0.05) is 24.5 Å². The Morgan fingerprint density at radius 2 is 2.29 bits per heavy atom. The minimum atomic E-state index is 0.612. The van der Waals surface area contributed by atoms with Gasteiger partial charge < -0.3 is 0 Å². The van der Waals surface area contributed by atoms with Crippen LogP contribution in [0.4, 0.5) is 0 Å². The van der Waals surface area contributed by atoms with Crippen LogP contribution in [0.1, 0.15) is 32.5 Å². The molecule has 1 heterocycles. The highest BCUT2D eigenvalue weighted by molar-refractivity contribution is 9.09. The molecule has 0 spiro atoms. The Balaban J connectivity index is 1.98. The summed E-state index contributed by atoms with van der Waals surface area (Å²) in [5, 5.41) is 5.35. The van der Waals surface area contributed by atoms with Crippen molar-refractivity contribution >= 4 is 15.9 Å². The summed E-state index contributed by atoms with van der Waals surface area (Å²) in [5.41, 5.74) is 0. The molecule has 1 aliphatic carbocycles. The van der Waals surface area contributed by atoms with Gasteiger partial charge in [0.1, 0.15) is 12.2 Å². The standard InChI is InChI=1S/C12H21BrN4/c1-10(2)7-17-12(14-9-15-17)8-16(6-5-13)11-3-4-11/h9-11H,3-8H2,1-2H3. The van der Waals surface area contributed by atoms with Crippen molar-refractivity contribution in [2.75, 3.05) is 11.9 Å². The summed E-state index contributed by atoms with van der Waals surface area (Å²) in [6, 6.07) is 0.775. The number of hydrogen-bond acceptors (Lipinski definition) is 3. The summed E-state index contributed by atoms with van der Waals surface area (Å²) in [4.78, 5) is 6.91. The molecule has 2 rings (SSSR count). The van der Waals surface area contributed by atoms with E-state index in [0.29, 0.717) is 5.92 Å². The molecule has 4 nitrogen and oxygen atoms in total. The zero-order valence-corrected chi connectivity index (χ0v) is 12.2. The van der Waals surface area contributed by atoms with E-state index in [9.17, 15) is 0 Å². The highest BCUT2D eigenvalue weighted by atomic mass is 79.9. The molecule has 96 valence electrons. The Morgan fingerprint density at radius 1 is 1.53 bits per heavy atom. The lowest BCUT2D eigenvalue weighted by Crippen LogP contribution is -2.29. The zero-order chi connectivity index (χ0) is 12.3. The maximum atomic E-state index is 4.40. The maximum absolute atomic E-state index is 4.40. The molecule has 1 aliphatic rings. The lowest BCUT2D eigenvalue weighted by atomic mass is 10.2. The van der Waals surface area contributed by atoms with Crippen molar-refractivity contribution in [3.05, 3.63) is 12.2 Å². The first-order valence-corrected chi connectivity index (χ1v) is 7.49. The van der Waals surface area contributed by atoms with E-state index in [1.165, 1.54) is 12.8 Å². The number of aromatic nitrogens is 3. The van der Waals surface area contributed by atoms with Gasteiger partial charge in [0.2, 0.25) is 0 Å². The van der Waals surface area contributed by atoms with Crippen LogP contribution in [0.3, 0.4) is 0 Å². The van der Waals surface area contributed by atoms with Crippen LogP contribution in [0.25, 0.3) is 0 Å². The molecule has 0 unspecified atom stereocenters. The fourth-order valence-corrected chi connectivity index (χ4v) is 2.49. The molecule has 0 saturated heterocycles. The van der Waals surface area contributed by atoms with E-state index in [-0.39, 0.29) is 0 Å². The van der Waals surface area contributed by atoms with Gasteiger partial charge in [-0.15, -0.1) is 0 Å². The predicted octanol–water partition coefficient (Wildman–Crippen LogP) is 2.29. The van der Waals surface area contributed by atoms with E-state index in [1.807, 2.05) is 4.68 Å². The minimum absolute atomic E-state index is 0.612. The van der Waals surface area contributed by atoms with E-state index >= 15 is 0 Å². The Morgan fingerprint density at radius 3 is 2.88 bits per heavy atom. The number of hydrogen-bond donors (Lipinski definition) is 0. The van der Waals surface area contributed by atoms with E-state index < -0.39 is 0 Å². The number of alkyl halides is 1. The van der Waals surface area contributed by atoms with Crippen molar-refractivity contribution in [3.63, 3.8) is 0 Å². The second kappa shape index (κ2) is 5.96. The molecule has 0 N–H and O–H groups in total. The molecular formula is C12H21BrN4. The zero-order valence-electron chi connectivity index (χ0n) is 10.6. The molecule has 0 aromatic carbocycles. The second-order valence-electron chi connectivity index (χ2n) is 5.14. The molecule has 0 radical (unpaired) electrons. The van der Waals surface area contributed by atoms with Crippen LogP contribution in [0, 0.1) is 5.92 Å². The quantitative estimate of drug-likeness (QED) is 0.725. The normalized spacial score (nSPS) is 16.1. The van der Waals surface area contributed by atoms with Gasteiger partial charge >= 0.3 is 0 Å². The van der Waals surface area contributed by atoms with E-state index in [1.54, 1.807) is 6.33 Å². The SMILES string of the molecule is CC(C)Cn1ncnc1CN(CCBr)C1CC1. The largest absolute Gasteiger partial charge is 0.292 e. The van der Waals surface area contributed by atoms with Gasteiger partial charge in [-0.2, -0.15) is 5.10 Å². The van der Waals surface area contributed by atoms with Crippen molar-refractivity contribution in [2.45, 2.75) is 45.8 Å². The van der Waals surface area contributed by atoms with Crippen LogP contribution in [-0.2, 0) is 13.1 Å². The number of rotatable bonds is 7. The summed E-state index contributed by atoms with van der Waals surface area (Å²) in [6.07, 6.45) is 4.35. The Kier molecular flexibility index (Phi) is 4.56. The average Bonchev–Trinajstić information content (AvgIpc) is 3.02. The first kappa shape index (κ1) is 13.0. The molecule has 1 aromatic rings. The van der Waals surface area contributed by atoms with Crippen molar-refractivity contribution in [1.82, 2.24) is 19.7 Å². The highest BCUT2D eigenvalue weighted by Gasteiger charge is 2.29.